The molecule has 2 aromatic carbocycles. The van der Waals surface area contributed by atoms with Gasteiger partial charge in [-0.25, -0.2) is 0 Å². The minimum Gasteiger partial charge on any atom is -0.497 e. The first kappa shape index (κ1) is 21.1. The molecule has 1 saturated heterocycles. The molecule has 2 unspecified atom stereocenters. The topological polar surface area (TPSA) is 56.8 Å². The SMILES string of the molecule is COc1ccc(C2OCCC(CC(=O)NCc3ccccc3)(C(F)(F)F)O2)cc1. The van der Waals surface area contributed by atoms with Crippen molar-refractivity contribution in [3.8, 4) is 5.75 Å². The van der Waals surface area contributed by atoms with Gasteiger partial charge in [-0.05, 0) is 17.7 Å². The Morgan fingerprint density at radius 2 is 1.86 bits per heavy atom. The summed E-state index contributed by atoms with van der Waals surface area (Å²) in [5.74, 6) is -0.173. The van der Waals surface area contributed by atoms with E-state index in [1.807, 2.05) is 6.07 Å². The Morgan fingerprint density at radius 3 is 2.48 bits per heavy atom. The van der Waals surface area contributed by atoms with Gasteiger partial charge in [-0.3, -0.25) is 4.79 Å². The highest BCUT2D eigenvalue weighted by molar-refractivity contribution is 5.77. The lowest BCUT2D eigenvalue weighted by Crippen LogP contribution is -2.54. The molecule has 0 radical (unpaired) electrons. The van der Waals surface area contributed by atoms with Crippen molar-refractivity contribution < 1.29 is 32.2 Å². The molecule has 3 rings (SSSR count). The van der Waals surface area contributed by atoms with Gasteiger partial charge in [-0.15, -0.1) is 0 Å². The van der Waals surface area contributed by atoms with Crippen molar-refractivity contribution in [1.82, 2.24) is 5.32 Å². The highest BCUT2D eigenvalue weighted by Gasteiger charge is 2.59. The van der Waals surface area contributed by atoms with Crippen LogP contribution in [0.2, 0.25) is 0 Å². The molecule has 2 atom stereocenters. The number of alkyl halides is 3. The van der Waals surface area contributed by atoms with E-state index in [9.17, 15) is 18.0 Å². The van der Waals surface area contributed by atoms with Crippen molar-refractivity contribution in [2.75, 3.05) is 13.7 Å². The van der Waals surface area contributed by atoms with E-state index in [2.05, 4.69) is 5.32 Å². The summed E-state index contributed by atoms with van der Waals surface area (Å²) in [6, 6.07) is 15.3. The lowest BCUT2D eigenvalue weighted by Gasteiger charge is -2.41. The van der Waals surface area contributed by atoms with Gasteiger partial charge in [0.25, 0.3) is 0 Å². The molecule has 8 heteroatoms. The lowest BCUT2D eigenvalue weighted by atomic mass is 9.92. The van der Waals surface area contributed by atoms with Crippen molar-refractivity contribution in [2.45, 2.75) is 37.5 Å². The third kappa shape index (κ3) is 5.07. The third-order valence-electron chi connectivity index (χ3n) is 4.79. The smallest absolute Gasteiger partial charge is 0.418 e. The van der Waals surface area contributed by atoms with E-state index >= 15 is 0 Å². The number of hydrogen-bond donors (Lipinski definition) is 1. The first-order valence-electron chi connectivity index (χ1n) is 9.14. The molecule has 1 aliphatic heterocycles. The monoisotopic (exact) mass is 409 g/mol. The number of hydrogen-bond acceptors (Lipinski definition) is 4. The van der Waals surface area contributed by atoms with E-state index in [0.717, 1.165) is 5.56 Å². The number of methoxy groups -OCH3 is 1. The summed E-state index contributed by atoms with van der Waals surface area (Å²) >= 11 is 0. The molecule has 0 saturated carbocycles. The van der Waals surface area contributed by atoms with Gasteiger partial charge in [0.05, 0.1) is 20.1 Å². The van der Waals surface area contributed by atoms with Crippen molar-refractivity contribution in [1.29, 1.82) is 0 Å². The highest BCUT2D eigenvalue weighted by atomic mass is 19.4. The third-order valence-corrected chi connectivity index (χ3v) is 4.79. The zero-order valence-corrected chi connectivity index (χ0v) is 15.9. The Morgan fingerprint density at radius 1 is 1.17 bits per heavy atom. The number of benzene rings is 2. The Balaban J connectivity index is 1.72. The summed E-state index contributed by atoms with van der Waals surface area (Å²) in [5.41, 5.74) is -1.40. The van der Waals surface area contributed by atoms with Crippen LogP contribution in [0.3, 0.4) is 0 Å². The number of carbonyl (C=O) groups is 1. The summed E-state index contributed by atoms with van der Waals surface area (Å²) in [6.45, 7) is -0.0335. The first-order valence-corrected chi connectivity index (χ1v) is 9.14. The van der Waals surface area contributed by atoms with Crippen LogP contribution in [0.5, 0.6) is 5.75 Å². The standard InChI is InChI=1S/C21H22F3NO4/c1-27-17-9-7-16(8-10-17)19-28-12-11-20(29-19,21(22,23)24)13-18(26)25-14-15-5-3-2-4-6-15/h2-10,19H,11-14H2,1H3,(H,25,26). The van der Waals surface area contributed by atoms with Crippen molar-refractivity contribution >= 4 is 5.91 Å². The largest absolute Gasteiger partial charge is 0.497 e. The molecular formula is C21H22F3NO4. The zero-order valence-electron chi connectivity index (χ0n) is 15.9. The minimum absolute atomic E-state index is 0.145. The van der Waals surface area contributed by atoms with Crippen LogP contribution in [0.25, 0.3) is 0 Å². The maximum Gasteiger partial charge on any atom is 0.418 e. The van der Waals surface area contributed by atoms with Crippen molar-refractivity contribution in [3.63, 3.8) is 0 Å². The molecular weight excluding hydrogens is 387 g/mol. The second-order valence-corrected chi connectivity index (χ2v) is 6.77. The Bertz CT molecular complexity index is 811. The van der Waals surface area contributed by atoms with E-state index in [-0.39, 0.29) is 13.2 Å². The predicted molar refractivity (Wildman–Crippen MR) is 99.1 cm³/mol. The van der Waals surface area contributed by atoms with Crippen LogP contribution in [0.15, 0.2) is 54.6 Å². The second-order valence-electron chi connectivity index (χ2n) is 6.77. The molecule has 1 N–H and O–H groups in total. The average Bonchev–Trinajstić information content (AvgIpc) is 2.72. The van der Waals surface area contributed by atoms with Gasteiger partial charge >= 0.3 is 6.18 Å². The molecule has 1 heterocycles. The van der Waals surface area contributed by atoms with Gasteiger partial charge in [-0.2, -0.15) is 13.2 Å². The molecule has 156 valence electrons. The molecule has 1 amide bonds. The fraction of sp³-hybridized carbons (Fsp3) is 0.381. The quantitative estimate of drug-likeness (QED) is 0.779. The van der Waals surface area contributed by atoms with E-state index in [1.165, 1.54) is 7.11 Å². The van der Waals surface area contributed by atoms with Crippen LogP contribution in [-0.2, 0) is 20.8 Å². The van der Waals surface area contributed by atoms with E-state index in [1.54, 1.807) is 48.5 Å². The number of amides is 1. The van der Waals surface area contributed by atoms with Gasteiger partial charge in [0.15, 0.2) is 11.9 Å². The Hall–Kier alpha value is -2.58. The molecule has 0 bridgehead atoms. The molecule has 2 aromatic rings. The summed E-state index contributed by atoms with van der Waals surface area (Å²) < 4.78 is 57.7. The van der Waals surface area contributed by atoms with Gasteiger partial charge < -0.3 is 19.5 Å². The molecule has 5 nitrogen and oxygen atoms in total. The van der Waals surface area contributed by atoms with Crippen LogP contribution >= 0.6 is 0 Å². The highest BCUT2D eigenvalue weighted by Crippen LogP contribution is 2.45. The zero-order chi connectivity index (χ0) is 20.9. The fourth-order valence-electron chi connectivity index (χ4n) is 3.11. The normalized spacial score (nSPS) is 22.1. The summed E-state index contributed by atoms with van der Waals surface area (Å²) in [4.78, 5) is 12.3. The average molecular weight is 409 g/mol. The Labute approximate surface area is 166 Å². The van der Waals surface area contributed by atoms with Crippen LogP contribution in [-0.4, -0.2) is 31.4 Å². The summed E-state index contributed by atoms with van der Waals surface area (Å²) in [6.07, 6.45) is -7.24. The van der Waals surface area contributed by atoms with E-state index < -0.39 is 36.8 Å². The Kier molecular flexibility index (Phi) is 6.44. The molecule has 1 fully saturated rings. The van der Waals surface area contributed by atoms with E-state index in [0.29, 0.717) is 11.3 Å². The molecule has 0 aliphatic carbocycles. The van der Waals surface area contributed by atoms with Crippen molar-refractivity contribution in [2.24, 2.45) is 0 Å². The van der Waals surface area contributed by atoms with Gasteiger partial charge in [-0.1, -0.05) is 42.5 Å². The van der Waals surface area contributed by atoms with Crippen LogP contribution in [0.1, 0.15) is 30.3 Å². The molecule has 29 heavy (non-hydrogen) atoms. The second kappa shape index (κ2) is 8.84. The predicted octanol–water partition coefficient (Wildman–Crippen LogP) is 4.14. The van der Waals surface area contributed by atoms with Gasteiger partial charge in [0.2, 0.25) is 5.91 Å². The fourth-order valence-corrected chi connectivity index (χ4v) is 3.11. The summed E-state index contributed by atoms with van der Waals surface area (Å²) in [7, 11) is 1.49. The number of ether oxygens (including phenoxy) is 3. The van der Waals surface area contributed by atoms with Gasteiger partial charge in [0.1, 0.15) is 5.75 Å². The summed E-state index contributed by atoms with van der Waals surface area (Å²) in [5, 5.41) is 2.54. The van der Waals surface area contributed by atoms with Gasteiger partial charge in [0, 0.05) is 18.5 Å². The maximum absolute atomic E-state index is 13.9. The number of carbonyl (C=O) groups excluding carboxylic acids is 1. The molecule has 1 aliphatic rings. The first-order chi connectivity index (χ1) is 13.8. The molecule has 0 spiro atoms. The number of nitrogens with one attached hydrogen (secondary N) is 1. The minimum atomic E-state index is -4.73. The maximum atomic E-state index is 13.9. The van der Waals surface area contributed by atoms with Crippen molar-refractivity contribution in [3.05, 3.63) is 65.7 Å². The van der Waals surface area contributed by atoms with Crippen LogP contribution in [0, 0.1) is 0 Å². The van der Waals surface area contributed by atoms with Crippen LogP contribution < -0.4 is 10.1 Å². The number of rotatable bonds is 6. The molecule has 0 aromatic heterocycles. The van der Waals surface area contributed by atoms with E-state index in [4.69, 9.17) is 14.2 Å². The van der Waals surface area contributed by atoms with Crippen LogP contribution in [0.4, 0.5) is 13.2 Å². The lowest BCUT2D eigenvalue weighted by molar-refractivity contribution is -0.356. The number of halogens is 3.